The fraction of sp³-hybridized carbons (Fsp3) is 0.588. The van der Waals surface area contributed by atoms with Gasteiger partial charge in [0, 0.05) is 39.3 Å². The number of likely N-dealkylation sites (tertiary alicyclic amines) is 1. The maximum atomic E-state index is 12.6. The van der Waals surface area contributed by atoms with Crippen LogP contribution in [0.1, 0.15) is 40.7 Å². The van der Waals surface area contributed by atoms with E-state index in [0.29, 0.717) is 11.4 Å². The Kier molecular flexibility index (Phi) is 4.91. The van der Waals surface area contributed by atoms with Gasteiger partial charge in [-0.2, -0.15) is 0 Å². The number of rotatable bonds is 3. The van der Waals surface area contributed by atoms with Crippen LogP contribution in [0.25, 0.3) is 0 Å². The summed E-state index contributed by atoms with van der Waals surface area (Å²) in [6, 6.07) is 5.16. The SMILES string of the molecule is CCN1CCN(C(=O)c2cccc(C(=O)N3CCCC3)n2)CC1. The molecular formula is C17H24N4O2. The molecule has 1 aromatic rings. The van der Waals surface area contributed by atoms with Gasteiger partial charge in [0.05, 0.1) is 0 Å². The molecule has 2 aliphatic heterocycles. The largest absolute Gasteiger partial charge is 0.337 e. The second kappa shape index (κ2) is 7.08. The molecule has 0 atom stereocenters. The second-order valence-corrected chi connectivity index (χ2v) is 6.13. The van der Waals surface area contributed by atoms with Gasteiger partial charge < -0.3 is 14.7 Å². The van der Waals surface area contributed by atoms with Crippen LogP contribution in [0.3, 0.4) is 0 Å². The minimum atomic E-state index is -0.0724. The van der Waals surface area contributed by atoms with Gasteiger partial charge in [0.25, 0.3) is 11.8 Å². The number of pyridine rings is 1. The molecular weight excluding hydrogens is 292 g/mol. The predicted molar refractivity (Wildman–Crippen MR) is 87.4 cm³/mol. The van der Waals surface area contributed by atoms with Crippen LogP contribution in [0.5, 0.6) is 0 Å². The van der Waals surface area contributed by atoms with Crippen LogP contribution < -0.4 is 0 Å². The number of nitrogens with zero attached hydrogens (tertiary/aromatic N) is 4. The van der Waals surface area contributed by atoms with Gasteiger partial charge in [-0.3, -0.25) is 9.59 Å². The highest BCUT2D eigenvalue weighted by atomic mass is 16.2. The van der Waals surface area contributed by atoms with Crippen LogP contribution in [-0.4, -0.2) is 77.3 Å². The Balaban J connectivity index is 1.69. The van der Waals surface area contributed by atoms with Crippen molar-refractivity contribution in [1.29, 1.82) is 0 Å². The average Bonchev–Trinajstić information content (AvgIpc) is 3.15. The summed E-state index contributed by atoms with van der Waals surface area (Å²) in [5.41, 5.74) is 0.755. The molecule has 124 valence electrons. The van der Waals surface area contributed by atoms with Crippen LogP contribution in [0, 0.1) is 0 Å². The van der Waals surface area contributed by atoms with Crippen molar-refractivity contribution >= 4 is 11.8 Å². The summed E-state index contributed by atoms with van der Waals surface area (Å²) in [6.07, 6.45) is 2.10. The summed E-state index contributed by atoms with van der Waals surface area (Å²) in [4.78, 5) is 35.3. The van der Waals surface area contributed by atoms with Crippen LogP contribution in [0.2, 0.25) is 0 Å². The Morgan fingerprint density at radius 3 is 1.96 bits per heavy atom. The summed E-state index contributed by atoms with van der Waals surface area (Å²) < 4.78 is 0. The van der Waals surface area contributed by atoms with E-state index in [1.165, 1.54) is 0 Å². The number of hydrogen-bond donors (Lipinski definition) is 0. The zero-order valence-corrected chi connectivity index (χ0v) is 13.7. The molecule has 2 aliphatic rings. The number of piperazine rings is 1. The van der Waals surface area contributed by atoms with E-state index in [1.807, 2.05) is 9.80 Å². The fourth-order valence-electron chi connectivity index (χ4n) is 3.18. The monoisotopic (exact) mass is 316 g/mol. The van der Waals surface area contributed by atoms with Crippen molar-refractivity contribution in [3.8, 4) is 0 Å². The number of hydrogen-bond acceptors (Lipinski definition) is 4. The highest BCUT2D eigenvalue weighted by Gasteiger charge is 2.24. The van der Waals surface area contributed by atoms with Gasteiger partial charge in [0.2, 0.25) is 0 Å². The van der Waals surface area contributed by atoms with Gasteiger partial charge in [0.15, 0.2) is 0 Å². The minimum Gasteiger partial charge on any atom is -0.337 e. The number of carbonyl (C=O) groups is 2. The van der Waals surface area contributed by atoms with Gasteiger partial charge in [-0.1, -0.05) is 13.0 Å². The lowest BCUT2D eigenvalue weighted by molar-refractivity contribution is 0.0637. The minimum absolute atomic E-state index is 0.0621. The van der Waals surface area contributed by atoms with E-state index in [0.717, 1.165) is 58.7 Å². The van der Waals surface area contributed by atoms with Crippen molar-refractivity contribution in [2.45, 2.75) is 19.8 Å². The Hall–Kier alpha value is -1.95. The van der Waals surface area contributed by atoms with E-state index in [4.69, 9.17) is 0 Å². The van der Waals surface area contributed by atoms with Crippen molar-refractivity contribution in [1.82, 2.24) is 19.7 Å². The van der Waals surface area contributed by atoms with Crippen LogP contribution >= 0.6 is 0 Å². The quantitative estimate of drug-likeness (QED) is 0.838. The molecule has 23 heavy (non-hydrogen) atoms. The molecule has 2 fully saturated rings. The summed E-state index contributed by atoms with van der Waals surface area (Å²) in [5.74, 6) is -0.134. The first-order valence-corrected chi connectivity index (χ1v) is 8.47. The van der Waals surface area contributed by atoms with Gasteiger partial charge in [-0.25, -0.2) is 4.98 Å². The lowest BCUT2D eigenvalue weighted by Gasteiger charge is -2.33. The number of carbonyl (C=O) groups excluding carboxylic acids is 2. The molecule has 0 aliphatic carbocycles. The van der Waals surface area contributed by atoms with Crippen molar-refractivity contribution < 1.29 is 9.59 Å². The van der Waals surface area contributed by atoms with Crippen LogP contribution in [0.4, 0.5) is 0 Å². The molecule has 3 heterocycles. The fourth-order valence-corrected chi connectivity index (χ4v) is 3.18. The molecule has 6 heteroatoms. The zero-order chi connectivity index (χ0) is 16.2. The first-order valence-electron chi connectivity index (χ1n) is 8.47. The molecule has 2 saturated heterocycles. The van der Waals surface area contributed by atoms with Gasteiger partial charge in [-0.15, -0.1) is 0 Å². The molecule has 0 radical (unpaired) electrons. The Morgan fingerprint density at radius 1 is 0.913 bits per heavy atom. The zero-order valence-electron chi connectivity index (χ0n) is 13.7. The van der Waals surface area contributed by atoms with Gasteiger partial charge >= 0.3 is 0 Å². The third-order valence-electron chi connectivity index (χ3n) is 4.69. The number of likely N-dealkylation sites (N-methyl/N-ethyl adjacent to an activating group) is 1. The third-order valence-corrected chi connectivity index (χ3v) is 4.69. The molecule has 6 nitrogen and oxygen atoms in total. The molecule has 3 rings (SSSR count). The number of aromatic nitrogens is 1. The second-order valence-electron chi connectivity index (χ2n) is 6.13. The van der Waals surface area contributed by atoms with E-state index in [9.17, 15) is 9.59 Å². The molecule has 0 aromatic carbocycles. The molecule has 0 spiro atoms. The maximum absolute atomic E-state index is 12.6. The highest BCUT2D eigenvalue weighted by Crippen LogP contribution is 2.13. The molecule has 0 bridgehead atoms. The first kappa shape index (κ1) is 15.9. The van der Waals surface area contributed by atoms with Crippen molar-refractivity contribution in [3.05, 3.63) is 29.6 Å². The van der Waals surface area contributed by atoms with Gasteiger partial charge in [0.1, 0.15) is 11.4 Å². The van der Waals surface area contributed by atoms with E-state index < -0.39 is 0 Å². The smallest absolute Gasteiger partial charge is 0.272 e. The number of amides is 2. The van der Waals surface area contributed by atoms with E-state index in [-0.39, 0.29) is 11.8 Å². The predicted octanol–water partition coefficient (Wildman–Crippen LogP) is 1.10. The van der Waals surface area contributed by atoms with E-state index >= 15 is 0 Å². The average molecular weight is 316 g/mol. The topological polar surface area (TPSA) is 56.8 Å². The summed E-state index contributed by atoms with van der Waals surface area (Å²) in [5, 5.41) is 0. The first-order chi connectivity index (χ1) is 11.2. The van der Waals surface area contributed by atoms with Crippen molar-refractivity contribution in [3.63, 3.8) is 0 Å². The Morgan fingerprint density at radius 2 is 1.43 bits per heavy atom. The standard InChI is InChI=1S/C17H24N4O2/c1-2-19-10-12-21(13-11-19)17(23)15-7-5-6-14(18-15)16(22)20-8-3-4-9-20/h5-7H,2-4,8-13H2,1H3. The van der Waals surface area contributed by atoms with Crippen molar-refractivity contribution in [2.24, 2.45) is 0 Å². The van der Waals surface area contributed by atoms with Crippen LogP contribution in [0.15, 0.2) is 18.2 Å². The molecule has 2 amide bonds. The Labute approximate surface area is 137 Å². The van der Waals surface area contributed by atoms with Gasteiger partial charge in [-0.05, 0) is 31.5 Å². The van der Waals surface area contributed by atoms with E-state index in [1.54, 1.807) is 18.2 Å². The third kappa shape index (κ3) is 3.52. The van der Waals surface area contributed by atoms with Crippen molar-refractivity contribution in [2.75, 3.05) is 45.8 Å². The lowest BCUT2D eigenvalue weighted by Crippen LogP contribution is -2.48. The lowest BCUT2D eigenvalue weighted by atomic mass is 10.2. The summed E-state index contributed by atoms with van der Waals surface area (Å²) >= 11 is 0. The molecule has 0 saturated carbocycles. The summed E-state index contributed by atoms with van der Waals surface area (Å²) in [7, 11) is 0. The van der Waals surface area contributed by atoms with E-state index in [2.05, 4.69) is 16.8 Å². The van der Waals surface area contributed by atoms with Crippen LogP contribution in [-0.2, 0) is 0 Å². The molecule has 0 N–H and O–H groups in total. The summed E-state index contributed by atoms with van der Waals surface area (Å²) in [6.45, 7) is 7.96. The normalized spacial score (nSPS) is 19.2. The highest BCUT2D eigenvalue weighted by molar-refractivity contribution is 5.96. The Bertz CT molecular complexity index is 576. The molecule has 1 aromatic heterocycles. The molecule has 0 unspecified atom stereocenters. The maximum Gasteiger partial charge on any atom is 0.272 e.